The molecule has 2 rings (SSSR count). The molecule has 0 aromatic heterocycles. The normalized spacial score (nSPS) is 33.3. The van der Waals surface area contributed by atoms with Crippen molar-refractivity contribution in [3.05, 3.63) is 0 Å². The maximum atomic E-state index is 9.93. The van der Waals surface area contributed by atoms with Crippen LogP contribution in [0.15, 0.2) is 0 Å². The molecule has 3 atom stereocenters. The van der Waals surface area contributed by atoms with E-state index >= 15 is 0 Å². The fourth-order valence-electron chi connectivity index (χ4n) is 4.09. The van der Waals surface area contributed by atoms with Gasteiger partial charge in [0.1, 0.15) is 0 Å². The molecule has 0 spiro atoms. The summed E-state index contributed by atoms with van der Waals surface area (Å²) in [6.07, 6.45) is 4.08. The summed E-state index contributed by atoms with van der Waals surface area (Å²) in [5, 5.41) is 13.5. The molecule has 2 N–H and O–H groups in total. The van der Waals surface area contributed by atoms with Crippen LogP contribution < -0.4 is 5.32 Å². The van der Waals surface area contributed by atoms with Crippen molar-refractivity contribution in [3.63, 3.8) is 0 Å². The zero-order chi connectivity index (χ0) is 15.5. The maximum absolute atomic E-state index is 9.93. The van der Waals surface area contributed by atoms with Crippen LogP contribution in [-0.4, -0.2) is 72.9 Å². The molecule has 21 heavy (non-hydrogen) atoms. The van der Waals surface area contributed by atoms with Gasteiger partial charge in [-0.25, -0.2) is 0 Å². The van der Waals surface area contributed by atoms with Crippen LogP contribution in [0.25, 0.3) is 0 Å². The number of rotatable bonds is 5. The van der Waals surface area contributed by atoms with Gasteiger partial charge in [-0.2, -0.15) is 0 Å². The van der Waals surface area contributed by atoms with E-state index in [4.69, 9.17) is 0 Å². The van der Waals surface area contributed by atoms with Gasteiger partial charge in [-0.05, 0) is 52.0 Å². The lowest BCUT2D eigenvalue weighted by Crippen LogP contribution is -2.53. The first-order chi connectivity index (χ1) is 9.87. The summed E-state index contributed by atoms with van der Waals surface area (Å²) >= 11 is 0. The van der Waals surface area contributed by atoms with E-state index in [1.165, 1.54) is 25.8 Å². The van der Waals surface area contributed by atoms with Gasteiger partial charge in [0.25, 0.3) is 0 Å². The Balaban J connectivity index is 1.77. The second-order valence-electron chi connectivity index (χ2n) is 7.96. The van der Waals surface area contributed by atoms with Gasteiger partial charge in [0.2, 0.25) is 0 Å². The highest BCUT2D eigenvalue weighted by Crippen LogP contribution is 2.29. The van der Waals surface area contributed by atoms with E-state index in [1.54, 1.807) is 0 Å². The molecule has 2 fully saturated rings. The van der Waals surface area contributed by atoms with Crippen molar-refractivity contribution >= 4 is 0 Å². The van der Waals surface area contributed by atoms with Crippen LogP contribution in [-0.2, 0) is 0 Å². The second-order valence-corrected chi connectivity index (χ2v) is 7.96. The molecule has 0 aromatic carbocycles. The molecular weight excluding hydrogens is 262 g/mol. The fourth-order valence-corrected chi connectivity index (χ4v) is 4.09. The lowest BCUT2D eigenvalue weighted by Gasteiger charge is -2.42. The third kappa shape index (κ3) is 5.51. The predicted octanol–water partition coefficient (Wildman–Crippen LogP) is 1.40. The number of nitrogens with one attached hydrogen (secondary N) is 1. The summed E-state index contributed by atoms with van der Waals surface area (Å²) in [6.45, 7) is 12.7. The van der Waals surface area contributed by atoms with E-state index in [9.17, 15) is 5.11 Å². The van der Waals surface area contributed by atoms with Crippen LogP contribution in [0.1, 0.15) is 40.0 Å². The number of β-amino-alcohol motifs (C(OH)–C–C–N with tert-alkyl or cyclic N) is 1. The first kappa shape index (κ1) is 17.2. The van der Waals surface area contributed by atoms with Gasteiger partial charge in [0, 0.05) is 45.3 Å². The third-order valence-corrected chi connectivity index (χ3v) is 5.18. The minimum Gasteiger partial charge on any atom is -0.389 e. The van der Waals surface area contributed by atoms with E-state index in [0.29, 0.717) is 6.04 Å². The Bertz CT molecular complexity index is 308. The number of hydrogen-bond donors (Lipinski definition) is 2. The Labute approximate surface area is 130 Å². The average Bonchev–Trinajstić information content (AvgIpc) is 2.40. The predicted molar refractivity (Wildman–Crippen MR) is 88.5 cm³/mol. The van der Waals surface area contributed by atoms with Gasteiger partial charge in [-0.3, -0.25) is 4.90 Å². The molecular formula is C17H35N3O. The van der Waals surface area contributed by atoms with E-state index < -0.39 is 5.60 Å². The summed E-state index contributed by atoms with van der Waals surface area (Å²) in [4.78, 5) is 5.03. The number of nitrogens with zero attached hydrogens (tertiary/aromatic N) is 2. The van der Waals surface area contributed by atoms with Crippen molar-refractivity contribution in [3.8, 4) is 0 Å². The first-order valence-corrected chi connectivity index (χ1v) is 8.72. The van der Waals surface area contributed by atoms with E-state index in [-0.39, 0.29) is 0 Å². The number of hydrogen-bond acceptors (Lipinski definition) is 4. The lowest BCUT2D eigenvalue weighted by molar-refractivity contribution is 0.0131. The SMILES string of the molecule is CNC1CCC(C)CC1CN1CCN(CC(C)(C)O)CC1. The van der Waals surface area contributed by atoms with Crippen molar-refractivity contribution in [2.45, 2.75) is 51.7 Å². The van der Waals surface area contributed by atoms with Gasteiger partial charge in [0.05, 0.1) is 5.60 Å². The highest BCUT2D eigenvalue weighted by Gasteiger charge is 2.30. The molecule has 2 aliphatic rings. The standard InChI is InChI=1S/C17H35N3O/c1-14-5-6-16(18-4)15(11-14)12-19-7-9-20(10-8-19)13-17(2,3)21/h14-16,18,21H,5-13H2,1-4H3. The summed E-state index contributed by atoms with van der Waals surface area (Å²) < 4.78 is 0. The van der Waals surface area contributed by atoms with Crippen LogP contribution >= 0.6 is 0 Å². The molecule has 4 nitrogen and oxygen atoms in total. The molecule has 3 unspecified atom stereocenters. The molecule has 124 valence electrons. The van der Waals surface area contributed by atoms with Crippen molar-refractivity contribution < 1.29 is 5.11 Å². The van der Waals surface area contributed by atoms with Gasteiger partial charge in [-0.15, -0.1) is 0 Å². The molecule has 0 bridgehead atoms. The smallest absolute Gasteiger partial charge is 0.0718 e. The van der Waals surface area contributed by atoms with Gasteiger partial charge < -0.3 is 15.3 Å². The van der Waals surface area contributed by atoms with Gasteiger partial charge >= 0.3 is 0 Å². The summed E-state index contributed by atoms with van der Waals surface area (Å²) in [6, 6.07) is 0.704. The molecule has 4 heteroatoms. The zero-order valence-electron chi connectivity index (χ0n) is 14.4. The van der Waals surface area contributed by atoms with Crippen molar-refractivity contribution in [2.24, 2.45) is 11.8 Å². The Morgan fingerprint density at radius 1 is 1.10 bits per heavy atom. The van der Waals surface area contributed by atoms with Crippen molar-refractivity contribution in [1.82, 2.24) is 15.1 Å². The summed E-state index contributed by atoms with van der Waals surface area (Å²) in [5.41, 5.74) is -0.571. The molecule has 0 radical (unpaired) electrons. The Kier molecular flexibility index (Phi) is 6.06. The van der Waals surface area contributed by atoms with Crippen LogP contribution in [0.4, 0.5) is 0 Å². The van der Waals surface area contributed by atoms with Crippen LogP contribution in [0, 0.1) is 11.8 Å². The summed E-state index contributed by atoms with van der Waals surface area (Å²) in [5.74, 6) is 1.69. The lowest BCUT2D eigenvalue weighted by atomic mass is 9.78. The maximum Gasteiger partial charge on any atom is 0.0718 e. The Morgan fingerprint density at radius 3 is 2.29 bits per heavy atom. The molecule has 1 aliphatic carbocycles. The molecule has 0 amide bonds. The minimum atomic E-state index is -0.571. The summed E-state index contributed by atoms with van der Waals surface area (Å²) in [7, 11) is 2.12. The van der Waals surface area contributed by atoms with E-state index in [2.05, 4.69) is 29.1 Å². The highest BCUT2D eigenvalue weighted by atomic mass is 16.3. The topological polar surface area (TPSA) is 38.7 Å². The number of piperazine rings is 1. The number of aliphatic hydroxyl groups is 1. The average molecular weight is 297 g/mol. The minimum absolute atomic E-state index is 0.571. The molecule has 0 aromatic rings. The molecule has 1 heterocycles. The van der Waals surface area contributed by atoms with Gasteiger partial charge in [-0.1, -0.05) is 6.92 Å². The Morgan fingerprint density at radius 2 is 1.71 bits per heavy atom. The fraction of sp³-hybridized carbons (Fsp3) is 1.00. The zero-order valence-corrected chi connectivity index (χ0v) is 14.4. The molecule has 1 saturated carbocycles. The van der Waals surface area contributed by atoms with Crippen LogP contribution in [0.5, 0.6) is 0 Å². The van der Waals surface area contributed by atoms with Crippen LogP contribution in [0.2, 0.25) is 0 Å². The molecule has 1 aliphatic heterocycles. The molecule has 1 saturated heterocycles. The Hall–Kier alpha value is -0.160. The van der Waals surface area contributed by atoms with E-state index in [0.717, 1.165) is 44.6 Å². The highest BCUT2D eigenvalue weighted by molar-refractivity contribution is 4.86. The van der Waals surface area contributed by atoms with E-state index in [1.807, 2.05) is 13.8 Å². The van der Waals surface area contributed by atoms with Crippen molar-refractivity contribution in [2.75, 3.05) is 46.3 Å². The second kappa shape index (κ2) is 7.40. The first-order valence-electron chi connectivity index (χ1n) is 8.72. The largest absolute Gasteiger partial charge is 0.389 e. The quantitative estimate of drug-likeness (QED) is 0.804. The van der Waals surface area contributed by atoms with Crippen LogP contribution in [0.3, 0.4) is 0 Å². The van der Waals surface area contributed by atoms with Gasteiger partial charge in [0.15, 0.2) is 0 Å². The van der Waals surface area contributed by atoms with Crippen molar-refractivity contribution in [1.29, 1.82) is 0 Å². The third-order valence-electron chi connectivity index (χ3n) is 5.18. The monoisotopic (exact) mass is 297 g/mol.